The van der Waals surface area contributed by atoms with Crippen molar-refractivity contribution in [3.05, 3.63) is 23.8 Å². The van der Waals surface area contributed by atoms with Gasteiger partial charge in [-0.3, -0.25) is 24.2 Å². The molecular formula is C24H36N2O8. The van der Waals surface area contributed by atoms with Crippen LogP contribution in [0.4, 0.5) is 0 Å². The van der Waals surface area contributed by atoms with Crippen LogP contribution in [0.1, 0.15) is 52.0 Å². The van der Waals surface area contributed by atoms with E-state index in [9.17, 15) is 29.7 Å². The maximum Gasteiger partial charge on any atom is 0.320 e. The number of aromatic hydroxyl groups is 1. The molecule has 10 nitrogen and oxygen atoms in total. The zero-order valence-corrected chi connectivity index (χ0v) is 20.3. The number of carbonyl (C=O) groups excluding carboxylic acids is 1. The van der Waals surface area contributed by atoms with Gasteiger partial charge in [0, 0.05) is 24.2 Å². The van der Waals surface area contributed by atoms with Crippen molar-refractivity contribution in [1.29, 1.82) is 0 Å². The quantitative estimate of drug-likeness (QED) is 0.405. The Bertz CT molecular complexity index is 851. The van der Waals surface area contributed by atoms with Crippen molar-refractivity contribution in [3.8, 4) is 11.5 Å². The monoisotopic (exact) mass is 480 g/mol. The molecule has 0 bridgehead atoms. The van der Waals surface area contributed by atoms with Gasteiger partial charge in [0.15, 0.2) is 0 Å². The molecule has 1 saturated carbocycles. The number of nitrogens with zero attached hydrogens (tertiary/aromatic N) is 2. The van der Waals surface area contributed by atoms with E-state index in [4.69, 9.17) is 9.47 Å². The zero-order chi connectivity index (χ0) is 25.5. The van der Waals surface area contributed by atoms with E-state index in [0.29, 0.717) is 24.2 Å². The van der Waals surface area contributed by atoms with Crippen molar-refractivity contribution in [2.24, 2.45) is 0 Å². The molecule has 10 heteroatoms. The van der Waals surface area contributed by atoms with Crippen LogP contribution in [0.3, 0.4) is 0 Å². The molecule has 3 N–H and O–H groups in total. The lowest BCUT2D eigenvalue weighted by Gasteiger charge is -2.44. The molecule has 2 atom stereocenters. The van der Waals surface area contributed by atoms with Crippen molar-refractivity contribution in [3.63, 3.8) is 0 Å². The van der Waals surface area contributed by atoms with E-state index < -0.39 is 42.6 Å². The Kier molecular flexibility index (Phi) is 9.69. The van der Waals surface area contributed by atoms with Crippen LogP contribution in [0, 0.1) is 0 Å². The topological polar surface area (TPSA) is 137 Å². The highest BCUT2D eigenvalue weighted by atomic mass is 16.6. The Balaban J connectivity index is 2.41. The molecule has 0 amide bonds. The smallest absolute Gasteiger partial charge is 0.320 e. The number of carboxylic acids is 2. The second-order valence-corrected chi connectivity index (χ2v) is 9.60. The molecule has 0 unspecified atom stereocenters. The number of methoxy groups -OCH3 is 1. The molecule has 0 heterocycles. The number of hydrogen-bond donors (Lipinski definition) is 3. The summed E-state index contributed by atoms with van der Waals surface area (Å²) in [5.41, 5.74) is -0.152. The number of hydrogen-bond acceptors (Lipinski definition) is 8. The molecule has 1 aromatic carbocycles. The lowest BCUT2D eigenvalue weighted by atomic mass is 9.87. The van der Waals surface area contributed by atoms with Gasteiger partial charge in [0.25, 0.3) is 0 Å². The lowest BCUT2D eigenvalue weighted by Crippen LogP contribution is -2.56. The maximum absolute atomic E-state index is 12.8. The Morgan fingerprint density at radius 1 is 0.971 bits per heavy atom. The molecule has 1 aliphatic carbocycles. The van der Waals surface area contributed by atoms with E-state index in [2.05, 4.69) is 0 Å². The minimum atomic E-state index is -1.12. The predicted molar refractivity (Wildman–Crippen MR) is 124 cm³/mol. The number of rotatable bonds is 11. The second kappa shape index (κ2) is 12.0. The molecule has 2 rings (SSSR count). The summed E-state index contributed by atoms with van der Waals surface area (Å²) in [6, 6.07) is 4.12. The van der Waals surface area contributed by atoms with E-state index in [1.165, 1.54) is 18.1 Å². The summed E-state index contributed by atoms with van der Waals surface area (Å²) >= 11 is 0. The van der Waals surface area contributed by atoms with E-state index in [1.54, 1.807) is 32.9 Å². The Morgan fingerprint density at radius 3 is 2.03 bits per heavy atom. The van der Waals surface area contributed by atoms with E-state index in [-0.39, 0.29) is 24.9 Å². The summed E-state index contributed by atoms with van der Waals surface area (Å²) in [6.07, 6.45) is 2.92. The number of phenolic OH excluding ortho intramolecular Hbond substituents is 1. The first-order valence-corrected chi connectivity index (χ1v) is 11.4. The standard InChI is InChI=1S/C24H36N2O8/c1-24(2,3)34-23(32)15-25(12-16-11-17(33-4)9-10-20(16)27)18-7-5-6-8-19(18)26(13-21(28)29)14-22(30)31/h9-11,18-19,27H,5-8,12-15H2,1-4H3,(H,28,29)(H,30,31)/t18-,19-/m1/s1. The molecule has 0 saturated heterocycles. The van der Waals surface area contributed by atoms with E-state index in [0.717, 1.165) is 12.8 Å². The minimum Gasteiger partial charge on any atom is -0.508 e. The number of phenols is 1. The summed E-state index contributed by atoms with van der Waals surface area (Å²) in [6.45, 7) is 4.56. The van der Waals surface area contributed by atoms with Crippen LogP contribution < -0.4 is 4.74 Å². The molecule has 1 aliphatic rings. The van der Waals surface area contributed by atoms with Gasteiger partial charge in [0.2, 0.25) is 0 Å². The van der Waals surface area contributed by atoms with Crippen LogP contribution in [-0.2, 0) is 25.7 Å². The van der Waals surface area contributed by atoms with Crippen molar-refractivity contribution < 1.29 is 39.2 Å². The number of ether oxygens (including phenoxy) is 2. The third-order valence-electron chi connectivity index (χ3n) is 5.72. The van der Waals surface area contributed by atoms with Crippen LogP contribution in [-0.4, -0.2) is 87.5 Å². The van der Waals surface area contributed by atoms with Gasteiger partial charge in [-0.05, 0) is 51.8 Å². The molecule has 0 aliphatic heterocycles. The molecule has 34 heavy (non-hydrogen) atoms. The number of carboxylic acid groups (broad SMARTS) is 2. The summed E-state index contributed by atoms with van der Waals surface area (Å²) in [7, 11) is 1.52. The summed E-state index contributed by atoms with van der Waals surface area (Å²) < 4.78 is 10.8. The van der Waals surface area contributed by atoms with Gasteiger partial charge in [-0.1, -0.05) is 12.8 Å². The van der Waals surface area contributed by atoms with Crippen LogP contribution in [0.5, 0.6) is 11.5 Å². The fourth-order valence-corrected chi connectivity index (χ4v) is 4.45. The Labute approximate surface area is 200 Å². The normalized spacial score (nSPS) is 18.6. The molecule has 1 aromatic rings. The molecule has 0 spiro atoms. The first-order valence-electron chi connectivity index (χ1n) is 11.4. The van der Waals surface area contributed by atoms with Gasteiger partial charge < -0.3 is 24.8 Å². The first kappa shape index (κ1) is 27.4. The average Bonchev–Trinajstić information content (AvgIpc) is 2.72. The van der Waals surface area contributed by atoms with Crippen molar-refractivity contribution in [2.75, 3.05) is 26.7 Å². The Morgan fingerprint density at radius 2 is 1.53 bits per heavy atom. The number of benzene rings is 1. The van der Waals surface area contributed by atoms with Crippen molar-refractivity contribution in [1.82, 2.24) is 9.80 Å². The van der Waals surface area contributed by atoms with E-state index >= 15 is 0 Å². The van der Waals surface area contributed by atoms with Gasteiger partial charge in [-0.25, -0.2) is 0 Å². The molecule has 0 radical (unpaired) electrons. The highest BCUT2D eigenvalue weighted by Crippen LogP contribution is 2.31. The predicted octanol–water partition coefficient (Wildman–Crippen LogP) is 2.33. The first-order chi connectivity index (χ1) is 15.9. The third-order valence-corrected chi connectivity index (χ3v) is 5.72. The fraction of sp³-hybridized carbons (Fsp3) is 0.625. The molecule has 1 fully saturated rings. The lowest BCUT2D eigenvalue weighted by molar-refractivity contribution is -0.158. The number of carbonyl (C=O) groups is 3. The average molecular weight is 481 g/mol. The van der Waals surface area contributed by atoms with Crippen LogP contribution in [0.25, 0.3) is 0 Å². The highest BCUT2D eigenvalue weighted by molar-refractivity contribution is 5.73. The third kappa shape index (κ3) is 8.49. The summed E-state index contributed by atoms with van der Waals surface area (Å²) in [4.78, 5) is 39.0. The van der Waals surface area contributed by atoms with Crippen LogP contribution in [0.2, 0.25) is 0 Å². The maximum atomic E-state index is 12.8. The van der Waals surface area contributed by atoms with Gasteiger partial charge in [0.05, 0.1) is 26.7 Å². The SMILES string of the molecule is COc1ccc(O)c(CN(CC(=O)OC(C)(C)C)[C@@H]2CCCC[C@H]2N(CC(=O)O)CC(=O)O)c1. The number of esters is 1. The minimum absolute atomic E-state index is 0.0373. The van der Waals surface area contributed by atoms with Crippen molar-refractivity contribution >= 4 is 17.9 Å². The Hall–Kier alpha value is -2.85. The molecule has 190 valence electrons. The highest BCUT2D eigenvalue weighted by Gasteiger charge is 2.37. The van der Waals surface area contributed by atoms with Gasteiger partial charge >= 0.3 is 17.9 Å². The van der Waals surface area contributed by atoms with Crippen LogP contribution in [0.15, 0.2) is 18.2 Å². The van der Waals surface area contributed by atoms with Crippen LogP contribution >= 0.6 is 0 Å². The molecular weight excluding hydrogens is 444 g/mol. The van der Waals surface area contributed by atoms with E-state index in [1.807, 2.05) is 4.90 Å². The van der Waals surface area contributed by atoms with Gasteiger partial charge in [-0.15, -0.1) is 0 Å². The summed E-state index contributed by atoms with van der Waals surface area (Å²) in [5.74, 6) is -2.11. The largest absolute Gasteiger partial charge is 0.508 e. The van der Waals surface area contributed by atoms with Gasteiger partial charge in [0.1, 0.15) is 17.1 Å². The van der Waals surface area contributed by atoms with Gasteiger partial charge in [-0.2, -0.15) is 0 Å². The fourth-order valence-electron chi connectivity index (χ4n) is 4.45. The van der Waals surface area contributed by atoms with Crippen molar-refractivity contribution in [2.45, 2.75) is 70.7 Å². The second-order valence-electron chi connectivity index (χ2n) is 9.60. The molecule has 0 aromatic heterocycles. The summed E-state index contributed by atoms with van der Waals surface area (Å²) in [5, 5.41) is 29.2. The zero-order valence-electron chi connectivity index (χ0n) is 20.3. The number of aliphatic carboxylic acids is 2.